The Bertz CT molecular complexity index is 385. The van der Waals surface area contributed by atoms with E-state index in [4.69, 9.17) is 0 Å². The molecule has 0 aromatic carbocycles. The van der Waals surface area contributed by atoms with Crippen LogP contribution in [0.4, 0.5) is 5.13 Å². The summed E-state index contributed by atoms with van der Waals surface area (Å²) in [7, 11) is 0. The Morgan fingerprint density at radius 1 is 1.25 bits per heavy atom. The van der Waals surface area contributed by atoms with Crippen molar-refractivity contribution in [2.24, 2.45) is 0 Å². The molecule has 5 heteroatoms. The molecule has 0 saturated heterocycles. The first-order chi connectivity index (χ1) is 9.78. The maximum atomic E-state index is 4.52. The van der Waals surface area contributed by atoms with Gasteiger partial charge in [-0.2, -0.15) is 0 Å². The van der Waals surface area contributed by atoms with Crippen molar-refractivity contribution in [3.05, 3.63) is 11.1 Å². The number of nitrogens with one attached hydrogen (secondary N) is 1. The molecular formula is C15H28N4S. The van der Waals surface area contributed by atoms with Gasteiger partial charge in [0.05, 0.1) is 0 Å². The van der Waals surface area contributed by atoms with Crippen LogP contribution in [-0.2, 0) is 6.54 Å². The lowest BCUT2D eigenvalue weighted by Crippen LogP contribution is -2.33. The zero-order chi connectivity index (χ0) is 14.4. The van der Waals surface area contributed by atoms with Crippen LogP contribution in [0, 0.1) is 0 Å². The number of nitrogens with zero attached hydrogens (tertiary/aromatic N) is 3. The number of hydrogen-bond acceptors (Lipinski definition) is 5. The summed E-state index contributed by atoms with van der Waals surface area (Å²) in [5.41, 5.74) is 0. The Balaban J connectivity index is 1.68. The second kappa shape index (κ2) is 7.96. The van der Waals surface area contributed by atoms with Gasteiger partial charge in [-0.1, -0.05) is 6.92 Å². The highest BCUT2D eigenvalue weighted by Gasteiger charge is 2.26. The fraction of sp³-hybridized carbons (Fsp3) is 0.800. The quantitative estimate of drug-likeness (QED) is 0.672. The van der Waals surface area contributed by atoms with Crippen molar-refractivity contribution in [3.63, 3.8) is 0 Å². The van der Waals surface area contributed by atoms with E-state index in [-0.39, 0.29) is 0 Å². The molecule has 1 fully saturated rings. The highest BCUT2D eigenvalue weighted by atomic mass is 32.1. The summed E-state index contributed by atoms with van der Waals surface area (Å²) in [6, 6.07) is 0.875. The molecule has 4 nitrogen and oxygen atoms in total. The van der Waals surface area contributed by atoms with Crippen molar-refractivity contribution in [2.45, 2.75) is 46.2 Å². The lowest BCUT2D eigenvalue weighted by Gasteiger charge is -2.19. The van der Waals surface area contributed by atoms with Crippen molar-refractivity contribution >= 4 is 16.5 Å². The lowest BCUT2D eigenvalue weighted by molar-refractivity contribution is 0.277. The van der Waals surface area contributed by atoms with Gasteiger partial charge in [0, 0.05) is 49.8 Å². The van der Waals surface area contributed by atoms with Crippen LogP contribution in [-0.4, -0.2) is 48.6 Å². The SMILES string of the molecule is CCN(CC)c1ncc(CNCCN(CC)C2CC2)s1. The summed E-state index contributed by atoms with van der Waals surface area (Å²) >= 11 is 1.81. The highest BCUT2D eigenvalue weighted by Crippen LogP contribution is 2.26. The maximum absolute atomic E-state index is 4.52. The summed E-state index contributed by atoms with van der Waals surface area (Å²) in [4.78, 5) is 10.7. The molecule has 1 aromatic heterocycles. The molecule has 114 valence electrons. The number of likely N-dealkylation sites (N-methyl/N-ethyl adjacent to an activating group) is 1. The third-order valence-electron chi connectivity index (χ3n) is 3.92. The van der Waals surface area contributed by atoms with E-state index in [1.54, 1.807) is 0 Å². The number of aromatic nitrogens is 1. The minimum absolute atomic E-state index is 0.875. The van der Waals surface area contributed by atoms with Gasteiger partial charge in [-0.05, 0) is 33.2 Å². The predicted octanol–water partition coefficient (Wildman–Crippen LogP) is 2.56. The topological polar surface area (TPSA) is 31.4 Å². The van der Waals surface area contributed by atoms with Gasteiger partial charge in [0.2, 0.25) is 0 Å². The van der Waals surface area contributed by atoms with Gasteiger partial charge in [-0.3, -0.25) is 4.90 Å². The van der Waals surface area contributed by atoms with Gasteiger partial charge in [-0.15, -0.1) is 11.3 Å². The van der Waals surface area contributed by atoms with Gasteiger partial charge in [-0.25, -0.2) is 4.98 Å². The Hall–Kier alpha value is -0.650. The molecule has 0 radical (unpaired) electrons. The first kappa shape index (κ1) is 15.7. The third kappa shape index (κ3) is 4.43. The normalized spacial score (nSPS) is 15.0. The average Bonchev–Trinajstić information content (AvgIpc) is 3.20. The number of hydrogen-bond donors (Lipinski definition) is 1. The van der Waals surface area contributed by atoms with E-state index in [0.717, 1.165) is 37.4 Å². The molecular weight excluding hydrogens is 268 g/mol. The molecule has 0 amide bonds. The van der Waals surface area contributed by atoms with Crippen molar-refractivity contribution in [2.75, 3.05) is 37.6 Å². The molecule has 1 N–H and O–H groups in total. The predicted molar refractivity (Wildman–Crippen MR) is 87.7 cm³/mol. The Labute approximate surface area is 127 Å². The molecule has 2 rings (SSSR count). The molecule has 0 unspecified atom stereocenters. The second-order valence-electron chi connectivity index (χ2n) is 5.32. The van der Waals surface area contributed by atoms with Crippen LogP contribution in [0.5, 0.6) is 0 Å². The Kier molecular flexibility index (Phi) is 6.26. The molecule has 0 atom stereocenters. The van der Waals surface area contributed by atoms with Crippen LogP contribution in [0.3, 0.4) is 0 Å². The standard InChI is InChI=1S/C15H28N4S/c1-4-18(5-2)15-17-12-14(20-15)11-16-9-10-19(6-3)13-7-8-13/h12-13,16H,4-11H2,1-3H3. The van der Waals surface area contributed by atoms with Gasteiger partial charge in [0.15, 0.2) is 5.13 Å². The second-order valence-corrected chi connectivity index (χ2v) is 6.41. The van der Waals surface area contributed by atoms with E-state index in [0.29, 0.717) is 0 Å². The molecule has 1 aliphatic rings. The van der Waals surface area contributed by atoms with E-state index >= 15 is 0 Å². The first-order valence-corrected chi connectivity index (χ1v) is 8.74. The molecule has 1 heterocycles. The zero-order valence-corrected chi connectivity index (χ0v) is 13.9. The summed E-state index contributed by atoms with van der Waals surface area (Å²) in [6.45, 7) is 13.1. The van der Waals surface area contributed by atoms with E-state index in [2.05, 4.69) is 40.9 Å². The largest absolute Gasteiger partial charge is 0.349 e. The summed E-state index contributed by atoms with van der Waals surface area (Å²) < 4.78 is 0. The molecule has 1 saturated carbocycles. The average molecular weight is 296 g/mol. The van der Waals surface area contributed by atoms with Gasteiger partial charge in [0.1, 0.15) is 0 Å². The summed E-state index contributed by atoms with van der Waals surface area (Å²) in [5, 5.41) is 4.70. The van der Waals surface area contributed by atoms with Crippen LogP contribution in [0.2, 0.25) is 0 Å². The third-order valence-corrected chi connectivity index (χ3v) is 4.98. The number of rotatable bonds is 10. The smallest absolute Gasteiger partial charge is 0.185 e. The summed E-state index contributed by atoms with van der Waals surface area (Å²) in [5.74, 6) is 0. The fourth-order valence-corrected chi connectivity index (χ4v) is 3.50. The Morgan fingerprint density at radius 2 is 2.00 bits per heavy atom. The van der Waals surface area contributed by atoms with Crippen LogP contribution < -0.4 is 10.2 Å². The molecule has 0 aliphatic heterocycles. The zero-order valence-electron chi connectivity index (χ0n) is 13.1. The van der Waals surface area contributed by atoms with Crippen LogP contribution in [0.1, 0.15) is 38.5 Å². The fourth-order valence-electron chi connectivity index (χ4n) is 2.49. The van der Waals surface area contributed by atoms with E-state index < -0.39 is 0 Å². The molecule has 20 heavy (non-hydrogen) atoms. The minimum atomic E-state index is 0.875. The van der Waals surface area contributed by atoms with E-state index in [9.17, 15) is 0 Å². The van der Waals surface area contributed by atoms with Gasteiger partial charge >= 0.3 is 0 Å². The lowest BCUT2D eigenvalue weighted by atomic mass is 10.4. The molecule has 1 aliphatic carbocycles. The van der Waals surface area contributed by atoms with Gasteiger partial charge in [0.25, 0.3) is 0 Å². The van der Waals surface area contributed by atoms with Crippen molar-refractivity contribution in [1.82, 2.24) is 15.2 Å². The molecule has 1 aromatic rings. The van der Waals surface area contributed by atoms with E-state index in [1.807, 2.05) is 17.5 Å². The minimum Gasteiger partial charge on any atom is -0.349 e. The number of thiazole rings is 1. The summed E-state index contributed by atoms with van der Waals surface area (Å²) in [6.07, 6.45) is 4.82. The van der Waals surface area contributed by atoms with Crippen LogP contribution in [0.25, 0.3) is 0 Å². The maximum Gasteiger partial charge on any atom is 0.185 e. The van der Waals surface area contributed by atoms with Crippen LogP contribution in [0.15, 0.2) is 6.20 Å². The number of anilines is 1. The monoisotopic (exact) mass is 296 g/mol. The van der Waals surface area contributed by atoms with Crippen molar-refractivity contribution < 1.29 is 0 Å². The van der Waals surface area contributed by atoms with Crippen molar-refractivity contribution in [1.29, 1.82) is 0 Å². The highest BCUT2D eigenvalue weighted by molar-refractivity contribution is 7.15. The van der Waals surface area contributed by atoms with Crippen LogP contribution >= 0.6 is 11.3 Å². The first-order valence-electron chi connectivity index (χ1n) is 7.92. The van der Waals surface area contributed by atoms with Gasteiger partial charge < -0.3 is 10.2 Å². The molecule has 0 spiro atoms. The Morgan fingerprint density at radius 3 is 2.60 bits per heavy atom. The molecule has 0 bridgehead atoms. The van der Waals surface area contributed by atoms with Crippen molar-refractivity contribution in [3.8, 4) is 0 Å². The van der Waals surface area contributed by atoms with E-state index in [1.165, 1.54) is 30.8 Å².